The van der Waals surface area contributed by atoms with Crippen LogP contribution in [0.15, 0.2) is 0 Å². The van der Waals surface area contributed by atoms with Gasteiger partial charge in [-0.3, -0.25) is 0 Å². The van der Waals surface area contributed by atoms with Gasteiger partial charge in [0, 0.05) is 5.92 Å². The Balaban J connectivity index is 2.92. The second-order valence-electron chi connectivity index (χ2n) is 4.53. The van der Waals surface area contributed by atoms with E-state index in [1.54, 1.807) is 0 Å². The number of alkyl halides is 5. The van der Waals surface area contributed by atoms with Crippen LogP contribution in [0, 0.1) is 17.8 Å². The molecule has 0 radical (unpaired) electrons. The molecule has 1 saturated carbocycles. The monoisotopic (exact) mass is 230 g/mol. The van der Waals surface area contributed by atoms with Crippen LogP contribution in [-0.4, -0.2) is 12.1 Å². The van der Waals surface area contributed by atoms with Gasteiger partial charge in [0.1, 0.15) is 0 Å². The van der Waals surface area contributed by atoms with Crippen LogP contribution in [0.4, 0.5) is 22.0 Å². The van der Waals surface area contributed by atoms with Gasteiger partial charge in [-0.15, -0.1) is 0 Å². The van der Waals surface area contributed by atoms with Crippen molar-refractivity contribution >= 4 is 0 Å². The van der Waals surface area contributed by atoms with Gasteiger partial charge in [0.2, 0.25) is 0 Å². The van der Waals surface area contributed by atoms with Gasteiger partial charge in [0.05, 0.1) is 0 Å². The van der Waals surface area contributed by atoms with E-state index in [0.29, 0.717) is 12.8 Å². The summed E-state index contributed by atoms with van der Waals surface area (Å²) in [7, 11) is 0. The maximum Gasteiger partial charge on any atom is 0.453 e. The van der Waals surface area contributed by atoms with Gasteiger partial charge in [-0.1, -0.05) is 33.1 Å². The Kier molecular flexibility index (Phi) is 3.31. The smallest absolute Gasteiger partial charge is 0.196 e. The molecule has 0 amide bonds. The van der Waals surface area contributed by atoms with Crippen LogP contribution in [0.3, 0.4) is 0 Å². The molecular weight excluding hydrogens is 215 g/mol. The maximum atomic E-state index is 13.2. The van der Waals surface area contributed by atoms with Crippen molar-refractivity contribution in [2.45, 2.75) is 45.2 Å². The first-order valence-electron chi connectivity index (χ1n) is 5.12. The van der Waals surface area contributed by atoms with Gasteiger partial charge in [0.15, 0.2) is 0 Å². The van der Waals surface area contributed by atoms with E-state index in [2.05, 4.69) is 0 Å². The highest BCUT2D eigenvalue weighted by Crippen LogP contribution is 2.50. The Hall–Kier alpha value is -0.350. The lowest BCUT2D eigenvalue weighted by molar-refractivity contribution is -0.316. The van der Waals surface area contributed by atoms with Crippen molar-refractivity contribution in [3.8, 4) is 0 Å². The van der Waals surface area contributed by atoms with Crippen LogP contribution in [0.1, 0.15) is 33.1 Å². The van der Waals surface area contributed by atoms with Crippen molar-refractivity contribution in [3.05, 3.63) is 0 Å². The topological polar surface area (TPSA) is 0 Å². The van der Waals surface area contributed by atoms with E-state index < -0.39 is 29.9 Å². The predicted molar refractivity (Wildman–Crippen MR) is 46.7 cm³/mol. The summed E-state index contributed by atoms with van der Waals surface area (Å²) in [4.78, 5) is 0. The molecule has 0 aliphatic heterocycles. The first-order valence-corrected chi connectivity index (χ1v) is 5.12. The molecule has 0 saturated heterocycles. The molecule has 1 rings (SSSR count). The first-order chi connectivity index (χ1) is 6.68. The summed E-state index contributed by atoms with van der Waals surface area (Å²) in [6.45, 7) is 2.97. The first kappa shape index (κ1) is 12.7. The third kappa shape index (κ3) is 2.26. The molecule has 15 heavy (non-hydrogen) atoms. The Morgan fingerprint density at radius 1 is 0.867 bits per heavy atom. The van der Waals surface area contributed by atoms with Gasteiger partial charge >= 0.3 is 12.1 Å². The third-order valence-electron chi connectivity index (χ3n) is 3.34. The van der Waals surface area contributed by atoms with Gasteiger partial charge in [0.25, 0.3) is 0 Å². The van der Waals surface area contributed by atoms with E-state index in [-0.39, 0.29) is 0 Å². The van der Waals surface area contributed by atoms with Crippen molar-refractivity contribution in [1.82, 2.24) is 0 Å². The van der Waals surface area contributed by atoms with E-state index in [0.717, 1.165) is 6.42 Å². The molecule has 1 fully saturated rings. The lowest BCUT2D eigenvalue weighted by Gasteiger charge is -2.40. The van der Waals surface area contributed by atoms with E-state index in [9.17, 15) is 22.0 Å². The van der Waals surface area contributed by atoms with Crippen molar-refractivity contribution in [1.29, 1.82) is 0 Å². The fourth-order valence-electron chi connectivity index (χ4n) is 2.59. The molecule has 0 aromatic heterocycles. The molecule has 90 valence electrons. The third-order valence-corrected chi connectivity index (χ3v) is 3.34. The summed E-state index contributed by atoms with van der Waals surface area (Å²) in [5.41, 5.74) is 0. The Morgan fingerprint density at radius 3 is 1.60 bits per heavy atom. The van der Waals surface area contributed by atoms with Crippen LogP contribution in [0.2, 0.25) is 0 Å². The van der Waals surface area contributed by atoms with Gasteiger partial charge in [-0.2, -0.15) is 22.0 Å². The Labute approximate surface area is 85.8 Å². The average molecular weight is 230 g/mol. The minimum Gasteiger partial charge on any atom is -0.196 e. The lowest BCUT2D eigenvalue weighted by atomic mass is 9.70. The van der Waals surface area contributed by atoms with Crippen molar-refractivity contribution in [2.75, 3.05) is 0 Å². The van der Waals surface area contributed by atoms with Crippen LogP contribution in [-0.2, 0) is 0 Å². The molecule has 1 aliphatic carbocycles. The number of hydrogen-bond acceptors (Lipinski definition) is 0. The maximum absolute atomic E-state index is 13.2. The minimum atomic E-state index is -5.42. The largest absolute Gasteiger partial charge is 0.453 e. The van der Waals surface area contributed by atoms with E-state index in [1.165, 1.54) is 13.8 Å². The van der Waals surface area contributed by atoms with Crippen LogP contribution in [0.5, 0.6) is 0 Å². The molecule has 0 N–H and O–H groups in total. The lowest BCUT2D eigenvalue weighted by Crippen LogP contribution is -2.49. The highest BCUT2D eigenvalue weighted by Gasteiger charge is 2.64. The normalized spacial score (nSPS) is 30.6. The fourth-order valence-corrected chi connectivity index (χ4v) is 2.59. The molecule has 2 atom stereocenters. The number of hydrogen-bond donors (Lipinski definition) is 0. The molecule has 0 heterocycles. The average Bonchev–Trinajstić information content (AvgIpc) is 2.00. The molecule has 0 spiro atoms. The van der Waals surface area contributed by atoms with Crippen LogP contribution < -0.4 is 0 Å². The van der Waals surface area contributed by atoms with Crippen LogP contribution in [0.25, 0.3) is 0 Å². The van der Waals surface area contributed by atoms with E-state index >= 15 is 0 Å². The highest BCUT2D eigenvalue weighted by molar-refractivity contribution is 4.92. The molecule has 0 nitrogen and oxygen atoms in total. The standard InChI is InChI=1S/C10H15F5/c1-6-4-3-5-7(2)8(6)9(11,12)10(13,14)15/h6-8H,3-5H2,1-2H3/t6-,7-/m0/s1. The van der Waals surface area contributed by atoms with Crippen LogP contribution >= 0.6 is 0 Å². The van der Waals surface area contributed by atoms with Crippen molar-refractivity contribution in [3.63, 3.8) is 0 Å². The van der Waals surface area contributed by atoms with Crippen molar-refractivity contribution < 1.29 is 22.0 Å². The summed E-state index contributed by atoms with van der Waals surface area (Å²) in [5, 5.41) is 0. The van der Waals surface area contributed by atoms with Gasteiger partial charge in [-0.05, 0) is 11.8 Å². The summed E-state index contributed by atoms with van der Waals surface area (Å²) in [6, 6.07) is 0. The molecule has 0 unspecified atom stereocenters. The predicted octanol–water partition coefficient (Wildman–Crippen LogP) is 4.26. The Bertz CT molecular complexity index is 210. The number of halogens is 5. The molecule has 0 aromatic carbocycles. The zero-order valence-corrected chi connectivity index (χ0v) is 8.74. The minimum absolute atomic E-state index is 0.459. The summed E-state index contributed by atoms with van der Waals surface area (Å²) in [5.74, 6) is -7.24. The molecular formula is C10H15F5. The zero-order valence-electron chi connectivity index (χ0n) is 8.74. The van der Waals surface area contributed by atoms with Gasteiger partial charge < -0.3 is 0 Å². The van der Waals surface area contributed by atoms with Crippen molar-refractivity contribution in [2.24, 2.45) is 17.8 Å². The summed E-state index contributed by atoms with van der Waals surface area (Å²) >= 11 is 0. The molecule has 1 aliphatic rings. The number of rotatable bonds is 1. The SMILES string of the molecule is C[C@H]1CCC[C@H](C)C1C(F)(F)C(F)(F)F. The fraction of sp³-hybridized carbons (Fsp3) is 1.00. The molecule has 0 aromatic rings. The van der Waals surface area contributed by atoms with Gasteiger partial charge in [-0.25, -0.2) is 0 Å². The quantitative estimate of drug-likeness (QED) is 0.590. The zero-order chi connectivity index (χ0) is 11.9. The van der Waals surface area contributed by atoms with E-state index in [1.807, 2.05) is 0 Å². The Morgan fingerprint density at radius 2 is 1.27 bits per heavy atom. The highest BCUT2D eigenvalue weighted by atomic mass is 19.4. The second-order valence-corrected chi connectivity index (χ2v) is 4.53. The summed E-state index contributed by atoms with van der Waals surface area (Å²) < 4.78 is 63.0. The molecule has 5 heteroatoms. The summed E-state index contributed by atoms with van der Waals surface area (Å²) in [6.07, 6.45) is -3.76. The van der Waals surface area contributed by atoms with E-state index in [4.69, 9.17) is 0 Å². The second kappa shape index (κ2) is 3.91. The molecule has 0 bridgehead atoms.